The van der Waals surface area contributed by atoms with Crippen molar-refractivity contribution in [3.05, 3.63) is 41.8 Å². The number of carboxylic acid groups (broad SMARTS) is 1. The highest BCUT2D eigenvalue weighted by Gasteiger charge is 2.48. The number of likely N-dealkylation sites (tertiary alicyclic amines) is 1. The maximum atomic E-state index is 13.2. The fraction of sp³-hybridized carbons (Fsp3) is 0.455. The van der Waals surface area contributed by atoms with Gasteiger partial charge >= 0.3 is 6.09 Å². The third-order valence-corrected chi connectivity index (χ3v) is 6.55. The van der Waals surface area contributed by atoms with Crippen molar-refractivity contribution in [1.82, 2.24) is 14.7 Å². The zero-order valence-corrected chi connectivity index (χ0v) is 17.6. The summed E-state index contributed by atoms with van der Waals surface area (Å²) >= 11 is 0. The first-order valence-corrected chi connectivity index (χ1v) is 10.6. The first kappa shape index (κ1) is 21.6. The second kappa shape index (κ2) is 8.49. The van der Waals surface area contributed by atoms with Crippen LogP contribution in [-0.4, -0.2) is 44.4 Å². The van der Waals surface area contributed by atoms with Gasteiger partial charge in [-0.1, -0.05) is 6.92 Å². The molecule has 0 spiro atoms. The third kappa shape index (κ3) is 4.10. The Bertz CT molecular complexity index is 1060. The molecule has 10 heteroatoms. The molecule has 2 aliphatic rings. The minimum absolute atomic E-state index is 0.0431. The number of halogens is 1. The topological polar surface area (TPSA) is 137 Å². The number of hydrogen-bond acceptors (Lipinski definition) is 5. The number of nitriles is 1. The molecule has 0 radical (unpaired) electrons. The second-order valence-corrected chi connectivity index (χ2v) is 8.54. The van der Waals surface area contributed by atoms with Crippen LogP contribution >= 0.6 is 0 Å². The van der Waals surface area contributed by atoms with Crippen LogP contribution in [0.3, 0.4) is 0 Å². The van der Waals surface area contributed by atoms with Gasteiger partial charge in [0.15, 0.2) is 5.82 Å². The lowest BCUT2D eigenvalue weighted by Crippen LogP contribution is -2.54. The number of nitrogens with zero attached hydrogens (tertiary/aromatic N) is 4. The summed E-state index contributed by atoms with van der Waals surface area (Å²) in [5.41, 5.74) is 6.21. The molecule has 2 amide bonds. The van der Waals surface area contributed by atoms with E-state index in [0.29, 0.717) is 18.0 Å². The Balaban J connectivity index is 1.67. The molecular weight excluding hydrogens is 415 g/mol. The van der Waals surface area contributed by atoms with Gasteiger partial charge in [-0.25, -0.2) is 9.18 Å². The summed E-state index contributed by atoms with van der Waals surface area (Å²) in [5.74, 6) is -1.06. The zero-order chi connectivity index (χ0) is 23.0. The number of carbonyl (C=O) groups excluding carboxylic acids is 1. The fourth-order valence-corrected chi connectivity index (χ4v) is 4.72. The Morgan fingerprint density at radius 3 is 2.56 bits per heavy atom. The number of benzene rings is 1. The van der Waals surface area contributed by atoms with Crippen molar-refractivity contribution in [2.45, 2.75) is 38.3 Å². The quantitative estimate of drug-likeness (QED) is 0.630. The number of nitrogens with one attached hydrogen (secondary N) is 1. The van der Waals surface area contributed by atoms with E-state index in [9.17, 15) is 24.3 Å². The van der Waals surface area contributed by atoms with Gasteiger partial charge in [0.25, 0.3) is 5.91 Å². The van der Waals surface area contributed by atoms with Crippen molar-refractivity contribution in [3.63, 3.8) is 0 Å². The van der Waals surface area contributed by atoms with Crippen LogP contribution in [0.4, 0.5) is 20.7 Å². The van der Waals surface area contributed by atoms with Crippen molar-refractivity contribution >= 4 is 23.5 Å². The fourth-order valence-electron chi connectivity index (χ4n) is 4.72. The van der Waals surface area contributed by atoms with E-state index in [4.69, 9.17) is 5.73 Å². The molecular formula is C22H25FN6O3. The van der Waals surface area contributed by atoms with Crippen LogP contribution in [0.1, 0.15) is 42.6 Å². The molecule has 2 aromatic rings. The number of piperidine rings is 1. The molecule has 1 aliphatic heterocycles. The molecule has 2 fully saturated rings. The third-order valence-electron chi connectivity index (χ3n) is 6.55. The molecule has 4 N–H and O–H groups in total. The van der Waals surface area contributed by atoms with Crippen LogP contribution in [0.25, 0.3) is 0 Å². The number of primary amides is 1. The maximum absolute atomic E-state index is 13.2. The van der Waals surface area contributed by atoms with Gasteiger partial charge in [-0.2, -0.15) is 10.4 Å². The van der Waals surface area contributed by atoms with E-state index in [-0.39, 0.29) is 23.8 Å². The number of nitrogens with two attached hydrogens (primary N) is 1. The zero-order valence-electron chi connectivity index (χ0n) is 17.6. The molecule has 1 saturated heterocycles. The lowest BCUT2D eigenvalue weighted by molar-refractivity contribution is 0.0377. The van der Waals surface area contributed by atoms with Crippen LogP contribution in [0.2, 0.25) is 0 Å². The van der Waals surface area contributed by atoms with Crippen molar-refractivity contribution in [3.8, 4) is 6.07 Å². The van der Waals surface area contributed by atoms with Crippen LogP contribution in [0, 0.1) is 34.9 Å². The monoisotopic (exact) mass is 440 g/mol. The predicted octanol–water partition coefficient (Wildman–Crippen LogP) is 3.34. The minimum atomic E-state index is -1.03. The summed E-state index contributed by atoms with van der Waals surface area (Å²) in [4.78, 5) is 25.3. The lowest BCUT2D eigenvalue weighted by atomic mass is 9.78. The van der Waals surface area contributed by atoms with Crippen molar-refractivity contribution in [2.24, 2.45) is 23.5 Å². The molecule has 1 aliphatic carbocycles. The summed E-state index contributed by atoms with van der Waals surface area (Å²) in [6.07, 6.45) is 2.92. The Labute approximate surface area is 184 Å². The van der Waals surface area contributed by atoms with E-state index < -0.39 is 35.8 Å². The maximum Gasteiger partial charge on any atom is 0.407 e. The van der Waals surface area contributed by atoms with Gasteiger partial charge < -0.3 is 21.1 Å². The highest BCUT2D eigenvalue weighted by molar-refractivity contribution is 5.98. The summed E-state index contributed by atoms with van der Waals surface area (Å²) < 4.78 is 14.8. The average molecular weight is 440 g/mol. The standard InChI is InChI=1S/C22H25FN6O3/c1-12(13-2-3-13)19-16(10-24)18(8-9-28(19)22(31)32)29-11-17(20(25)30)21(27-29)26-15-6-4-14(23)5-7-15/h4-7,11-13,16,18-19H,2-3,8-9H2,1H3,(H2,25,30)(H,26,27)(H,31,32)/t12?,16-,18+,19?/m0/s1. The number of amides is 2. The Morgan fingerprint density at radius 2 is 2.00 bits per heavy atom. The highest BCUT2D eigenvalue weighted by Crippen LogP contribution is 2.45. The van der Waals surface area contributed by atoms with E-state index >= 15 is 0 Å². The van der Waals surface area contributed by atoms with Crippen molar-refractivity contribution in [2.75, 3.05) is 11.9 Å². The molecule has 0 bridgehead atoms. The number of aromatic nitrogens is 2. The molecule has 4 atom stereocenters. The molecule has 168 valence electrons. The van der Waals surface area contributed by atoms with Crippen LogP contribution in [-0.2, 0) is 0 Å². The van der Waals surface area contributed by atoms with E-state index in [1.807, 2.05) is 6.92 Å². The van der Waals surface area contributed by atoms with E-state index in [1.165, 1.54) is 35.4 Å². The number of hydrogen-bond donors (Lipinski definition) is 3. The Hall–Kier alpha value is -3.61. The normalized spacial score (nSPS) is 23.9. The molecule has 1 aromatic carbocycles. The summed E-state index contributed by atoms with van der Waals surface area (Å²) in [6, 6.07) is 7.02. The smallest absolute Gasteiger partial charge is 0.407 e. The number of carbonyl (C=O) groups is 2. The molecule has 9 nitrogen and oxygen atoms in total. The van der Waals surface area contributed by atoms with Crippen molar-refractivity contribution < 1.29 is 19.1 Å². The van der Waals surface area contributed by atoms with Gasteiger partial charge in [-0.15, -0.1) is 0 Å². The van der Waals surface area contributed by atoms with E-state index in [0.717, 1.165) is 12.8 Å². The SMILES string of the molecule is CC(C1CC1)C1[C@@H](C#N)[C@H](n2cc(C(N)=O)c(Nc3ccc(F)cc3)n2)CCN1C(=O)O. The Kier molecular flexibility index (Phi) is 5.74. The summed E-state index contributed by atoms with van der Waals surface area (Å²) in [6.45, 7) is 2.27. The van der Waals surface area contributed by atoms with Gasteiger partial charge in [0.2, 0.25) is 0 Å². The molecule has 2 heterocycles. The first-order valence-electron chi connectivity index (χ1n) is 10.6. The van der Waals surface area contributed by atoms with Crippen molar-refractivity contribution in [1.29, 1.82) is 5.26 Å². The molecule has 2 unspecified atom stereocenters. The highest BCUT2D eigenvalue weighted by atomic mass is 19.1. The number of rotatable bonds is 6. The van der Waals surface area contributed by atoms with E-state index in [1.54, 1.807) is 4.68 Å². The molecule has 1 saturated carbocycles. The van der Waals surface area contributed by atoms with Crippen LogP contribution < -0.4 is 11.1 Å². The van der Waals surface area contributed by atoms with Gasteiger partial charge in [0, 0.05) is 18.4 Å². The lowest BCUT2D eigenvalue weighted by Gasteiger charge is -2.44. The second-order valence-electron chi connectivity index (χ2n) is 8.54. The number of anilines is 2. The largest absolute Gasteiger partial charge is 0.465 e. The summed E-state index contributed by atoms with van der Waals surface area (Å²) in [7, 11) is 0. The average Bonchev–Trinajstić information content (AvgIpc) is 3.53. The van der Waals surface area contributed by atoms with Crippen LogP contribution in [0.5, 0.6) is 0 Å². The van der Waals surface area contributed by atoms with Gasteiger partial charge in [0.1, 0.15) is 11.4 Å². The molecule has 1 aromatic heterocycles. The molecule has 4 rings (SSSR count). The van der Waals surface area contributed by atoms with Crippen LogP contribution in [0.15, 0.2) is 30.5 Å². The summed E-state index contributed by atoms with van der Waals surface area (Å²) in [5, 5.41) is 27.2. The minimum Gasteiger partial charge on any atom is -0.465 e. The predicted molar refractivity (Wildman–Crippen MR) is 114 cm³/mol. The van der Waals surface area contributed by atoms with E-state index in [2.05, 4.69) is 16.5 Å². The first-order chi connectivity index (χ1) is 15.3. The Morgan fingerprint density at radius 1 is 1.31 bits per heavy atom. The van der Waals surface area contributed by atoms with Gasteiger partial charge in [0.05, 0.1) is 24.1 Å². The van der Waals surface area contributed by atoms with Gasteiger partial charge in [-0.05, 0) is 55.4 Å². The van der Waals surface area contributed by atoms with Gasteiger partial charge in [-0.3, -0.25) is 9.48 Å². The molecule has 32 heavy (non-hydrogen) atoms.